The first-order valence-corrected chi connectivity index (χ1v) is 23.5. The van der Waals surface area contributed by atoms with Crippen LogP contribution < -0.4 is 4.90 Å². The normalized spacial score (nSPS) is 14.8. The van der Waals surface area contributed by atoms with Gasteiger partial charge in [-0.3, -0.25) is 0 Å². The van der Waals surface area contributed by atoms with Crippen LogP contribution >= 0.6 is 0 Å². The molecule has 312 valence electrons. The van der Waals surface area contributed by atoms with E-state index in [4.69, 9.17) is 6.58 Å². The predicted molar refractivity (Wildman–Crippen MR) is 280 cm³/mol. The summed E-state index contributed by atoms with van der Waals surface area (Å²) in [5, 5.41) is 7.68. The average Bonchev–Trinajstić information content (AvgIpc) is 4.00. The van der Waals surface area contributed by atoms with Crippen LogP contribution in [0.25, 0.3) is 99.1 Å². The summed E-state index contributed by atoms with van der Waals surface area (Å²) in [6, 6.07) is 63.8. The first-order valence-electron chi connectivity index (χ1n) is 23.5. The van der Waals surface area contributed by atoms with Gasteiger partial charge in [-0.05, 0) is 174 Å². The Morgan fingerprint density at radius 3 is 2.00 bits per heavy atom. The van der Waals surface area contributed by atoms with E-state index in [0.29, 0.717) is 5.92 Å². The molecule has 3 aliphatic carbocycles. The zero-order valence-electron chi connectivity index (χ0n) is 37.5. The number of para-hydroxylation sites is 3. The van der Waals surface area contributed by atoms with Crippen LogP contribution in [-0.4, -0.2) is 4.57 Å². The zero-order valence-corrected chi connectivity index (χ0v) is 37.5. The summed E-state index contributed by atoms with van der Waals surface area (Å²) >= 11 is 0. The second kappa shape index (κ2) is 15.2. The summed E-state index contributed by atoms with van der Waals surface area (Å²) in [4.78, 5) is 2.50. The van der Waals surface area contributed by atoms with Gasteiger partial charge in [0.25, 0.3) is 0 Å². The largest absolute Gasteiger partial charge is 0.313 e. The quantitative estimate of drug-likeness (QED) is 0.172. The van der Waals surface area contributed by atoms with E-state index in [9.17, 15) is 0 Å². The van der Waals surface area contributed by atoms with Crippen LogP contribution in [0.1, 0.15) is 63.1 Å². The fraction of sp³-hybridized carbons (Fsp3) is 0.111. The van der Waals surface area contributed by atoms with Crippen LogP contribution in [0.15, 0.2) is 200 Å². The van der Waals surface area contributed by atoms with Gasteiger partial charge in [0.1, 0.15) is 0 Å². The molecule has 4 aliphatic rings. The van der Waals surface area contributed by atoms with Crippen molar-refractivity contribution < 1.29 is 0 Å². The maximum atomic E-state index is 4.76. The van der Waals surface area contributed by atoms with Gasteiger partial charge in [-0.25, -0.2) is 0 Å². The van der Waals surface area contributed by atoms with Crippen LogP contribution in [0.5, 0.6) is 0 Å². The number of hydrogen-bond acceptors (Lipinski definition) is 1. The second-order valence-corrected chi connectivity index (χ2v) is 17.2. The van der Waals surface area contributed by atoms with Gasteiger partial charge in [-0.2, -0.15) is 0 Å². The number of rotatable bonds is 3. The highest BCUT2D eigenvalue weighted by atomic mass is 15.2. The third-order valence-electron chi connectivity index (χ3n) is 14.1. The van der Waals surface area contributed by atoms with Crippen molar-refractivity contribution >= 4 is 60.3 Å². The lowest BCUT2D eigenvalue weighted by atomic mass is 9.90. The minimum atomic E-state index is 0.421. The van der Waals surface area contributed by atoms with E-state index >= 15 is 0 Å². The Bertz CT molecular complexity index is 3630. The summed E-state index contributed by atoms with van der Waals surface area (Å²) in [7, 11) is 0. The maximum absolute atomic E-state index is 4.76. The Kier molecular flexibility index (Phi) is 9.14. The summed E-state index contributed by atoms with van der Waals surface area (Å²) in [6.07, 6.45) is 9.13. The third kappa shape index (κ3) is 5.66. The minimum absolute atomic E-state index is 0.421. The summed E-state index contributed by atoms with van der Waals surface area (Å²) < 4.78 is 2.41. The van der Waals surface area contributed by atoms with Crippen LogP contribution in [0.4, 0.5) is 11.4 Å². The van der Waals surface area contributed by atoms with Crippen molar-refractivity contribution in [3.05, 3.63) is 217 Å². The van der Waals surface area contributed by atoms with E-state index in [1.165, 1.54) is 122 Å². The fourth-order valence-electron chi connectivity index (χ4n) is 11.5. The van der Waals surface area contributed by atoms with Crippen LogP contribution in [0, 0.1) is 0 Å². The molecule has 1 atom stereocenters. The van der Waals surface area contributed by atoms with Gasteiger partial charge in [0.15, 0.2) is 0 Å². The molecule has 2 heterocycles. The number of benzene rings is 9. The molecule has 2 nitrogen and oxygen atoms in total. The third-order valence-corrected chi connectivity index (χ3v) is 14.1. The van der Waals surface area contributed by atoms with Crippen molar-refractivity contribution in [2.45, 2.75) is 46.5 Å². The lowest BCUT2D eigenvalue weighted by Crippen LogP contribution is -2.13. The van der Waals surface area contributed by atoms with Gasteiger partial charge >= 0.3 is 0 Å². The molecule has 10 aromatic rings. The summed E-state index contributed by atoms with van der Waals surface area (Å²) in [5.74, 6) is 0.421. The van der Waals surface area contributed by atoms with Crippen molar-refractivity contribution in [3.63, 3.8) is 0 Å². The van der Waals surface area contributed by atoms with Gasteiger partial charge in [0.2, 0.25) is 0 Å². The van der Waals surface area contributed by atoms with E-state index < -0.39 is 0 Å². The summed E-state index contributed by atoms with van der Waals surface area (Å²) in [5.41, 5.74) is 22.7. The Morgan fingerprint density at radius 1 is 0.492 bits per heavy atom. The average molecular weight is 835 g/mol. The molecular formula is C63H50N2. The van der Waals surface area contributed by atoms with E-state index in [0.717, 1.165) is 24.1 Å². The molecule has 0 N–H and O–H groups in total. The van der Waals surface area contributed by atoms with Crippen molar-refractivity contribution in [2.75, 3.05) is 4.90 Å². The highest BCUT2D eigenvalue weighted by molar-refractivity contribution is 6.19. The second-order valence-electron chi connectivity index (χ2n) is 17.2. The molecule has 0 fully saturated rings. The van der Waals surface area contributed by atoms with Gasteiger partial charge in [0, 0.05) is 39.4 Å². The molecule has 1 aromatic heterocycles. The molecule has 0 bridgehead atoms. The Labute approximate surface area is 381 Å². The molecule has 1 unspecified atom stereocenters. The Balaban J connectivity index is 0.00000108. The number of allylic oxidation sites excluding steroid dienone is 4. The number of fused-ring (bicyclic) bond motifs is 13. The Hall–Kier alpha value is -7.68. The molecular weight excluding hydrogens is 785 g/mol. The molecule has 9 aromatic carbocycles. The van der Waals surface area contributed by atoms with Crippen molar-refractivity contribution in [1.29, 1.82) is 0 Å². The molecule has 14 rings (SSSR count). The number of aromatic nitrogens is 1. The molecule has 0 amide bonds. The molecule has 2 heteroatoms. The SMILES string of the molecule is C=C1c2ccc(-n3c4ccccc4c4ccccc43)cc2-c2cccc(-c3cc4c5c(cccc5c3)-c3cc5cc(N6C7=CC=CCCC7c7ccccc76)ccc5cc3-4)c21.CC.CC. The lowest BCUT2D eigenvalue weighted by Gasteiger charge is -2.23. The van der Waals surface area contributed by atoms with Gasteiger partial charge in [-0.1, -0.05) is 150 Å². The maximum Gasteiger partial charge on any atom is 0.0541 e. The van der Waals surface area contributed by atoms with Gasteiger partial charge in [0.05, 0.1) is 11.0 Å². The smallest absolute Gasteiger partial charge is 0.0541 e. The van der Waals surface area contributed by atoms with E-state index in [1.807, 2.05) is 27.7 Å². The van der Waals surface area contributed by atoms with Crippen LogP contribution in [-0.2, 0) is 0 Å². The first kappa shape index (κ1) is 39.0. The topological polar surface area (TPSA) is 8.17 Å². The highest BCUT2D eigenvalue weighted by Crippen LogP contribution is 2.54. The fourth-order valence-corrected chi connectivity index (χ4v) is 11.5. The number of nitrogens with zero attached hydrogens (tertiary/aromatic N) is 2. The number of hydrogen-bond donors (Lipinski definition) is 0. The van der Waals surface area contributed by atoms with Crippen LogP contribution in [0.3, 0.4) is 0 Å². The molecule has 0 saturated carbocycles. The van der Waals surface area contributed by atoms with Gasteiger partial charge in [-0.15, -0.1) is 0 Å². The molecule has 1 aliphatic heterocycles. The number of anilines is 2. The lowest BCUT2D eigenvalue weighted by molar-refractivity contribution is 0.737. The minimum Gasteiger partial charge on any atom is -0.313 e. The first-order chi connectivity index (χ1) is 32.2. The van der Waals surface area contributed by atoms with E-state index in [-0.39, 0.29) is 0 Å². The molecule has 0 radical (unpaired) electrons. The molecule has 0 spiro atoms. The zero-order chi connectivity index (χ0) is 43.9. The standard InChI is InChI=1S/C59H38N2.2C2H6/c1-35-42-28-27-41(61-56-23-9-6-16-46(56)47-17-7-10-24-57(47)61)34-52(42)48-20-12-18-43(58(35)48)39-29-37-13-11-19-49-50-32-38-30-40(26-25-36(38)31-51(50)53(33-39)59(37)49)60-54-21-4-2-3-14-44(54)45-15-5-8-22-55(45)60;2*1-2/h2,4-13,15-34,44H,1,3,14H2;2*1-2H3. The summed E-state index contributed by atoms with van der Waals surface area (Å²) in [6.45, 7) is 12.8. The highest BCUT2D eigenvalue weighted by Gasteiger charge is 2.35. The Morgan fingerprint density at radius 2 is 1.17 bits per heavy atom. The van der Waals surface area contributed by atoms with E-state index in [1.54, 1.807) is 0 Å². The molecule has 65 heavy (non-hydrogen) atoms. The van der Waals surface area contributed by atoms with Crippen molar-refractivity contribution in [2.24, 2.45) is 0 Å². The van der Waals surface area contributed by atoms with Gasteiger partial charge < -0.3 is 9.47 Å². The predicted octanol–water partition coefficient (Wildman–Crippen LogP) is 18.0. The van der Waals surface area contributed by atoms with Crippen LogP contribution in [0.2, 0.25) is 0 Å². The monoisotopic (exact) mass is 834 g/mol. The van der Waals surface area contributed by atoms with E-state index in [2.05, 4.69) is 198 Å². The van der Waals surface area contributed by atoms with Crippen molar-refractivity contribution in [3.8, 4) is 50.2 Å². The molecule has 0 saturated heterocycles. The van der Waals surface area contributed by atoms with Crippen molar-refractivity contribution in [1.82, 2.24) is 4.57 Å².